The van der Waals surface area contributed by atoms with Crippen molar-refractivity contribution in [1.82, 2.24) is 13.9 Å². The van der Waals surface area contributed by atoms with Crippen LogP contribution in [0.5, 0.6) is 0 Å². The Kier molecular flexibility index (Phi) is 4.50. The van der Waals surface area contributed by atoms with Gasteiger partial charge < -0.3 is 13.9 Å². The molecule has 1 aromatic carbocycles. The highest BCUT2D eigenvalue weighted by molar-refractivity contribution is 6.31. The van der Waals surface area contributed by atoms with Crippen LogP contribution in [0.3, 0.4) is 0 Å². The molecule has 2 aromatic heterocycles. The molecular formula is C20H18ClF2N3O2. The fraction of sp³-hybridized carbons (Fsp3) is 0.300. The Balaban J connectivity index is 1.66. The van der Waals surface area contributed by atoms with E-state index in [0.717, 1.165) is 0 Å². The molecule has 0 aliphatic carbocycles. The van der Waals surface area contributed by atoms with Crippen molar-refractivity contribution in [2.45, 2.75) is 25.6 Å². The van der Waals surface area contributed by atoms with Crippen LogP contribution in [-0.4, -0.2) is 38.5 Å². The molecule has 5 nitrogen and oxygen atoms in total. The molecule has 3 heterocycles. The maximum Gasteiger partial charge on any atom is 0.275 e. The van der Waals surface area contributed by atoms with E-state index in [1.54, 1.807) is 35.9 Å². The van der Waals surface area contributed by atoms with Crippen molar-refractivity contribution in [3.8, 4) is 11.1 Å². The van der Waals surface area contributed by atoms with Crippen molar-refractivity contribution in [3.05, 3.63) is 64.0 Å². The smallest absolute Gasteiger partial charge is 0.275 e. The van der Waals surface area contributed by atoms with E-state index in [0.29, 0.717) is 23.1 Å². The first-order valence-electron chi connectivity index (χ1n) is 8.93. The number of hydrogen-bond donors (Lipinski definition) is 0. The lowest BCUT2D eigenvalue weighted by Gasteiger charge is -2.44. The minimum atomic E-state index is -1.32. The number of hydrogen-bond acceptors (Lipinski definition) is 2. The molecule has 0 atom stereocenters. The summed E-state index contributed by atoms with van der Waals surface area (Å²) in [5, 5.41) is -0.0355. The van der Waals surface area contributed by atoms with Gasteiger partial charge in [-0.05, 0) is 30.2 Å². The molecule has 146 valence electrons. The van der Waals surface area contributed by atoms with E-state index in [1.165, 1.54) is 27.8 Å². The standard InChI is InChI=1S/C20H18ClF2N3O2/c1-2-20(23)11-26(12-20)17(27)10-25-8-7-24-6-5-14(18(24)19(25)28)13-3-4-16(22)15(21)9-13/h3-9H,2,10-12H2,1H3. The average Bonchev–Trinajstić information content (AvgIpc) is 3.08. The fourth-order valence-corrected chi connectivity index (χ4v) is 3.64. The maximum absolute atomic E-state index is 14.0. The fourth-order valence-electron chi connectivity index (χ4n) is 3.46. The summed E-state index contributed by atoms with van der Waals surface area (Å²) < 4.78 is 30.4. The Labute approximate surface area is 164 Å². The Morgan fingerprint density at radius 2 is 1.96 bits per heavy atom. The summed E-state index contributed by atoms with van der Waals surface area (Å²) in [7, 11) is 0. The Bertz CT molecular complexity index is 1130. The highest BCUT2D eigenvalue weighted by Gasteiger charge is 2.44. The number of carbonyl (C=O) groups excluding carboxylic acids is 1. The monoisotopic (exact) mass is 405 g/mol. The van der Waals surface area contributed by atoms with E-state index in [4.69, 9.17) is 11.6 Å². The topological polar surface area (TPSA) is 46.7 Å². The molecule has 0 bridgehead atoms. The zero-order valence-corrected chi connectivity index (χ0v) is 15.9. The van der Waals surface area contributed by atoms with Gasteiger partial charge in [-0.15, -0.1) is 0 Å². The van der Waals surface area contributed by atoms with Crippen molar-refractivity contribution in [1.29, 1.82) is 0 Å². The molecule has 1 saturated heterocycles. The third kappa shape index (κ3) is 3.09. The molecule has 1 amide bonds. The summed E-state index contributed by atoms with van der Waals surface area (Å²) in [6, 6.07) is 5.98. The van der Waals surface area contributed by atoms with Crippen LogP contribution >= 0.6 is 11.6 Å². The summed E-state index contributed by atoms with van der Waals surface area (Å²) in [5.74, 6) is -0.839. The van der Waals surface area contributed by atoms with E-state index < -0.39 is 11.5 Å². The quantitative estimate of drug-likeness (QED) is 0.666. The van der Waals surface area contributed by atoms with Gasteiger partial charge in [0.1, 0.15) is 23.5 Å². The van der Waals surface area contributed by atoms with Crippen molar-refractivity contribution >= 4 is 23.0 Å². The second-order valence-electron chi connectivity index (χ2n) is 7.10. The number of likely N-dealkylation sites (tertiary alicyclic amines) is 1. The lowest BCUT2D eigenvalue weighted by molar-refractivity contribution is -0.146. The molecule has 0 radical (unpaired) electrons. The molecule has 1 aliphatic heterocycles. The summed E-state index contributed by atoms with van der Waals surface area (Å²) in [6.07, 6.45) is 5.26. The molecule has 0 spiro atoms. The van der Waals surface area contributed by atoms with Crippen LogP contribution in [0.15, 0.2) is 47.7 Å². The number of nitrogens with zero attached hydrogens (tertiary/aromatic N) is 3. The van der Waals surface area contributed by atoms with Gasteiger partial charge in [-0.25, -0.2) is 8.78 Å². The number of fused-ring (bicyclic) bond motifs is 1. The van der Waals surface area contributed by atoms with E-state index in [2.05, 4.69) is 0 Å². The lowest BCUT2D eigenvalue weighted by Crippen LogP contribution is -2.61. The van der Waals surface area contributed by atoms with Gasteiger partial charge in [-0.1, -0.05) is 24.6 Å². The predicted molar refractivity (Wildman–Crippen MR) is 103 cm³/mol. The number of rotatable bonds is 4. The van der Waals surface area contributed by atoms with E-state index in [9.17, 15) is 18.4 Å². The number of carbonyl (C=O) groups is 1. The first-order chi connectivity index (χ1) is 13.3. The zero-order chi connectivity index (χ0) is 20.1. The normalized spacial score (nSPS) is 15.6. The first kappa shape index (κ1) is 18.7. The van der Waals surface area contributed by atoms with Crippen LogP contribution in [0.2, 0.25) is 5.02 Å². The first-order valence-corrected chi connectivity index (χ1v) is 9.31. The molecular weight excluding hydrogens is 388 g/mol. The minimum Gasteiger partial charge on any atom is -0.335 e. The summed E-state index contributed by atoms with van der Waals surface area (Å²) in [4.78, 5) is 26.8. The highest BCUT2D eigenvalue weighted by atomic mass is 35.5. The van der Waals surface area contributed by atoms with Crippen molar-refractivity contribution in [3.63, 3.8) is 0 Å². The van der Waals surface area contributed by atoms with E-state index >= 15 is 0 Å². The van der Waals surface area contributed by atoms with Gasteiger partial charge in [0.15, 0.2) is 0 Å². The maximum atomic E-state index is 14.0. The van der Waals surface area contributed by atoms with Crippen LogP contribution in [0.25, 0.3) is 16.6 Å². The third-order valence-electron chi connectivity index (χ3n) is 5.26. The number of amides is 1. The number of aromatic nitrogens is 2. The Morgan fingerprint density at radius 3 is 2.64 bits per heavy atom. The Hall–Kier alpha value is -2.67. The van der Waals surface area contributed by atoms with E-state index in [-0.39, 0.29) is 36.1 Å². The largest absolute Gasteiger partial charge is 0.335 e. The van der Waals surface area contributed by atoms with Crippen LogP contribution in [0, 0.1) is 5.82 Å². The summed E-state index contributed by atoms with van der Waals surface area (Å²) >= 11 is 5.87. The second-order valence-corrected chi connectivity index (χ2v) is 7.51. The molecule has 0 N–H and O–H groups in total. The molecule has 8 heteroatoms. The minimum absolute atomic E-state index is 0.0355. The molecule has 1 aliphatic rings. The number of alkyl halides is 1. The van der Waals surface area contributed by atoms with Gasteiger partial charge in [0.25, 0.3) is 5.56 Å². The van der Waals surface area contributed by atoms with Crippen LogP contribution in [-0.2, 0) is 11.3 Å². The van der Waals surface area contributed by atoms with Gasteiger partial charge in [-0.3, -0.25) is 9.59 Å². The molecule has 28 heavy (non-hydrogen) atoms. The van der Waals surface area contributed by atoms with Crippen LogP contribution in [0.4, 0.5) is 8.78 Å². The van der Waals surface area contributed by atoms with Gasteiger partial charge >= 0.3 is 0 Å². The van der Waals surface area contributed by atoms with Crippen molar-refractivity contribution in [2.24, 2.45) is 0 Å². The lowest BCUT2D eigenvalue weighted by atomic mass is 9.93. The molecule has 4 rings (SSSR count). The average molecular weight is 406 g/mol. The number of benzene rings is 1. The van der Waals surface area contributed by atoms with Crippen molar-refractivity contribution < 1.29 is 13.6 Å². The summed E-state index contributed by atoms with van der Waals surface area (Å²) in [5.41, 5.74) is -0.135. The molecule has 1 fully saturated rings. The SMILES string of the molecule is CCC1(F)CN(C(=O)Cn2ccn3ccc(-c4ccc(F)c(Cl)c4)c3c2=O)C1. The van der Waals surface area contributed by atoms with Gasteiger partial charge in [0, 0.05) is 24.2 Å². The predicted octanol–water partition coefficient (Wildman–Crippen LogP) is 3.52. The summed E-state index contributed by atoms with van der Waals surface area (Å²) in [6.45, 7) is 1.70. The van der Waals surface area contributed by atoms with Crippen LogP contribution in [0.1, 0.15) is 13.3 Å². The number of halogens is 3. The molecule has 0 saturated carbocycles. The Morgan fingerprint density at radius 1 is 1.21 bits per heavy atom. The third-order valence-corrected chi connectivity index (χ3v) is 5.55. The second kappa shape index (κ2) is 6.74. The molecule has 0 unspecified atom stereocenters. The van der Waals surface area contributed by atoms with Crippen LogP contribution < -0.4 is 5.56 Å². The van der Waals surface area contributed by atoms with Gasteiger partial charge in [-0.2, -0.15) is 0 Å². The van der Waals surface area contributed by atoms with Gasteiger partial charge in [0.05, 0.1) is 18.1 Å². The highest BCUT2D eigenvalue weighted by Crippen LogP contribution is 2.29. The zero-order valence-electron chi connectivity index (χ0n) is 15.2. The molecule has 3 aromatic rings. The van der Waals surface area contributed by atoms with Crippen molar-refractivity contribution in [2.75, 3.05) is 13.1 Å². The van der Waals surface area contributed by atoms with E-state index in [1.807, 2.05) is 0 Å². The van der Waals surface area contributed by atoms with Gasteiger partial charge in [0.2, 0.25) is 5.91 Å².